The van der Waals surface area contributed by atoms with E-state index in [1.807, 2.05) is 0 Å². The first-order chi connectivity index (χ1) is 15.3. The van der Waals surface area contributed by atoms with Crippen LogP contribution in [0, 0.1) is 0 Å². The normalized spacial score (nSPS) is 15.3. The van der Waals surface area contributed by atoms with Crippen molar-refractivity contribution < 1.29 is 31.1 Å². The Bertz CT molecular complexity index is 1140. The van der Waals surface area contributed by atoms with Crippen molar-refractivity contribution in [3.8, 4) is 5.75 Å². The highest BCUT2D eigenvalue weighted by molar-refractivity contribution is 7.91. The summed E-state index contributed by atoms with van der Waals surface area (Å²) >= 11 is 0. The first-order valence-electron chi connectivity index (χ1n) is 10.1. The van der Waals surface area contributed by atoms with Crippen LogP contribution in [-0.4, -0.2) is 72.8 Å². The molecule has 32 heavy (non-hydrogen) atoms. The maximum absolute atomic E-state index is 12.9. The summed E-state index contributed by atoms with van der Waals surface area (Å²) in [7, 11) is -5.84. The third kappa shape index (κ3) is 5.66. The molecule has 2 aromatic carbocycles. The van der Waals surface area contributed by atoms with Gasteiger partial charge in [-0.25, -0.2) is 16.8 Å². The number of sulfone groups is 1. The summed E-state index contributed by atoms with van der Waals surface area (Å²) in [5.41, 5.74) is 0.0627. The molecule has 0 atom stereocenters. The lowest BCUT2D eigenvalue weighted by molar-refractivity contribution is 0.0730. The quantitative estimate of drug-likeness (QED) is 0.535. The number of carbonyl (C=O) groups excluding carboxylic acids is 1. The standard InChI is InChI=1S/C21H26N2O7S2/c1-29-20-9-8-18(32(27,28)23-11-13-30-14-12-23)16-19(20)21(24)22-10-5-15-31(25,26)17-6-3-2-4-7-17/h2-4,6-9,16H,5,10-15H2,1H3,(H,22,24). The van der Waals surface area contributed by atoms with Crippen molar-refractivity contribution in [2.24, 2.45) is 0 Å². The lowest BCUT2D eigenvalue weighted by Gasteiger charge is -2.26. The van der Waals surface area contributed by atoms with E-state index in [0.717, 1.165) is 0 Å². The van der Waals surface area contributed by atoms with Gasteiger partial charge in [0.05, 0.1) is 41.4 Å². The molecule has 1 saturated heterocycles. The molecule has 0 radical (unpaired) electrons. The third-order valence-electron chi connectivity index (χ3n) is 5.00. The van der Waals surface area contributed by atoms with Crippen LogP contribution in [0.1, 0.15) is 16.8 Å². The third-order valence-corrected chi connectivity index (χ3v) is 8.71. The van der Waals surface area contributed by atoms with E-state index >= 15 is 0 Å². The molecule has 0 spiro atoms. The predicted molar refractivity (Wildman–Crippen MR) is 118 cm³/mol. The maximum atomic E-state index is 12.9. The molecule has 1 amide bonds. The van der Waals surface area contributed by atoms with Crippen LogP contribution in [0.5, 0.6) is 5.75 Å². The van der Waals surface area contributed by atoms with Gasteiger partial charge >= 0.3 is 0 Å². The molecule has 1 fully saturated rings. The average molecular weight is 483 g/mol. The Labute approximate surface area is 188 Å². The molecule has 0 aromatic heterocycles. The fourth-order valence-corrected chi connectivity index (χ4v) is 6.03. The number of hydrogen-bond acceptors (Lipinski definition) is 7. The van der Waals surface area contributed by atoms with Gasteiger partial charge in [-0.05, 0) is 36.8 Å². The van der Waals surface area contributed by atoms with Gasteiger partial charge in [0.25, 0.3) is 5.91 Å². The summed E-state index contributed by atoms with van der Waals surface area (Å²) in [6.07, 6.45) is 0.205. The highest BCUT2D eigenvalue weighted by atomic mass is 32.2. The Morgan fingerprint density at radius 1 is 1.03 bits per heavy atom. The van der Waals surface area contributed by atoms with Crippen molar-refractivity contribution >= 4 is 25.8 Å². The molecular formula is C21H26N2O7S2. The van der Waals surface area contributed by atoms with Crippen molar-refractivity contribution in [3.63, 3.8) is 0 Å². The largest absolute Gasteiger partial charge is 0.496 e. The second kappa shape index (κ2) is 10.4. The number of carbonyl (C=O) groups is 1. The molecule has 1 aliphatic rings. The molecule has 1 heterocycles. The number of ether oxygens (including phenoxy) is 2. The van der Waals surface area contributed by atoms with Crippen LogP contribution in [0.3, 0.4) is 0 Å². The molecule has 1 aliphatic heterocycles. The smallest absolute Gasteiger partial charge is 0.255 e. The molecule has 0 bridgehead atoms. The number of methoxy groups -OCH3 is 1. The summed E-state index contributed by atoms with van der Waals surface area (Å²) in [5.74, 6) is -0.446. The molecule has 2 aromatic rings. The fourth-order valence-electron chi connectivity index (χ4n) is 3.27. The van der Waals surface area contributed by atoms with Gasteiger partial charge in [0.2, 0.25) is 10.0 Å². The van der Waals surface area contributed by atoms with Gasteiger partial charge in [-0.2, -0.15) is 4.31 Å². The van der Waals surface area contributed by atoms with E-state index in [4.69, 9.17) is 9.47 Å². The van der Waals surface area contributed by atoms with Crippen LogP contribution >= 0.6 is 0 Å². The number of amides is 1. The van der Waals surface area contributed by atoms with Crippen LogP contribution in [-0.2, 0) is 24.6 Å². The number of rotatable bonds is 9. The Kier molecular flexibility index (Phi) is 7.88. The number of morpholine rings is 1. The van der Waals surface area contributed by atoms with Crippen molar-refractivity contribution in [3.05, 3.63) is 54.1 Å². The highest BCUT2D eigenvalue weighted by Gasteiger charge is 2.28. The summed E-state index contributed by atoms with van der Waals surface area (Å²) < 4.78 is 62.2. The lowest BCUT2D eigenvalue weighted by atomic mass is 10.2. The summed E-state index contributed by atoms with van der Waals surface area (Å²) in [6, 6.07) is 12.2. The number of hydrogen-bond donors (Lipinski definition) is 1. The highest BCUT2D eigenvalue weighted by Crippen LogP contribution is 2.25. The summed E-state index contributed by atoms with van der Waals surface area (Å²) in [4.78, 5) is 12.9. The first kappa shape index (κ1) is 24.2. The predicted octanol–water partition coefficient (Wildman–Crippen LogP) is 1.31. The van der Waals surface area contributed by atoms with Gasteiger partial charge in [-0.3, -0.25) is 4.79 Å². The lowest BCUT2D eigenvalue weighted by Crippen LogP contribution is -2.40. The zero-order chi connectivity index (χ0) is 23.2. The van der Waals surface area contributed by atoms with Crippen LogP contribution in [0.4, 0.5) is 0 Å². The van der Waals surface area contributed by atoms with Gasteiger partial charge in [-0.15, -0.1) is 0 Å². The topological polar surface area (TPSA) is 119 Å². The van der Waals surface area contributed by atoms with Crippen molar-refractivity contribution in [2.45, 2.75) is 16.2 Å². The van der Waals surface area contributed by atoms with Crippen LogP contribution in [0.2, 0.25) is 0 Å². The van der Waals surface area contributed by atoms with Gasteiger partial charge in [0.1, 0.15) is 5.75 Å². The van der Waals surface area contributed by atoms with Crippen LogP contribution < -0.4 is 10.1 Å². The second-order valence-electron chi connectivity index (χ2n) is 7.12. The molecule has 174 valence electrons. The first-order valence-corrected chi connectivity index (χ1v) is 13.2. The zero-order valence-electron chi connectivity index (χ0n) is 17.7. The van der Waals surface area contributed by atoms with Crippen LogP contribution in [0.25, 0.3) is 0 Å². The Balaban J connectivity index is 1.67. The van der Waals surface area contributed by atoms with E-state index in [2.05, 4.69) is 5.32 Å². The van der Waals surface area contributed by atoms with E-state index in [1.165, 1.54) is 41.7 Å². The molecule has 9 nitrogen and oxygen atoms in total. The van der Waals surface area contributed by atoms with E-state index in [9.17, 15) is 21.6 Å². The fraction of sp³-hybridized carbons (Fsp3) is 0.381. The van der Waals surface area contributed by atoms with Gasteiger partial charge in [-0.1, -0.05) is 18.2 Å². The number of nitrogens with one attached hydrogen (secondary N) is 1. The molecular weight excluding hydrogens is 456 g/mol. The Morgan fingerprint density at radius 2 is 1.72 bits per heavy atom. The monoisotopic (exact) mass is 482 g/mol. The minimum absolute atomic E-state index is 0.0167. The van der Waals surface area contributed by atoms with Gasteiger partial charge in [0.15, 0.2) is 9.84 Å². The van der Waals surface area contributed by atoms with Crippen LogP contribution in [0.15, 0.2) is 58.3 Å². The summed E-state index contributed by atoms with van der Waals surface area (Å²) in [5, 5.41) is 2.64. The number of benzene rings is 2. The molecule has 11 heteroatoms. The zero-order valence-corrected chi connectivity index (χ0v) is 19.3. The van der Waals surface area contributed by atoms with E-state index in [1.54, 1.807) is 18.2 Å². The molecule has 0 aliphatic carbocycles. The van der Waals surface area contributed by atoms with Crippen molar-refractivity contribution in [1.29, 1.82) is 0 Å². The van der Waals surface area contributed by atoms with Crippen molar-refractivity contribution in [2.75, 3.05) is 45.7 Å². The molecule has 1 N–H and O–H groups in total. The average Bonchev–Trinajstić information content (AvgIpc) is 2.82. The molecule has 0 saturated carbocycles. The SMILES string of the molecule is COc1ccc(S(=O)(=O)N2CCOCC2)cc1C(=O)NCCCS(=O)(=O)c1ccccc1. The maximum Gasteiger partial charge on any atom is 0.255 e. The minimum Gasteiger partial charge on any atom is -0.496 e. The van der Waals surface area contributed by atoms with E-state index in [0.29, 0.717) is 13.2 Å². The van der Waals surface area contributed by atoms with Gasteiger partial charge < -0.3 is 14.8 Å². The Hall–Kier alpha value is -2.47. The number of sulfonamides is 1. The minimum atomic E-state index is -3.78. The van der Waals surface area contributed by atoms with E-state index in [-0.39, 0.29) is 52.9 Å². The summed E-state index contributed by atoms with van der Waals surface area (Å²) in [6.45, 7) is 1.22. The molecule has 3 rings (SSSR count). The van der Waals surface area contributed by atoms with Gasteiger partial charge in [0, 0.05) is 19.6 Å². The number of nitrogens with zero attached hydrogens (tertiary/aromatic N) is 1. The second-order valence-corrected chi connectivity index (χ2v) is 11.2. The molecule has 0 unspecified atom stereocenters. The van der Waals surface area contributed by atoms with Crippen molar-refractivity contribution in [1.82, 2.24) is 9.62 Å². The Morgan fingerprint density at radius 3 is 2.38 bits per heavy atom. The van der Waals surface area contributed by atoms with E-state index < -0.39 is 25.8 Å².